The minimum absolute atomic E-state index is 0.115. The molecule has 0 fully saturated rings. The lowest BCUT2D eigenvalue weighted by atomic mass is 10.1. The average Bonchev–Trinajstić information content (AvgIpc) is 2.40. The summed E-state index contributed by atoms with van der Waals surface area (Å²) in [6.45, 7) is 8.56. The fraction of sp³-hybridized carbons (Fsp3) is 0.500. The van der Waals surface area contributed by atoms with Crippen molar-refractivity contribution in [3.05, 3.63) is 29.3 Å². The molecule has 0 bridgehead atoms. The number of nitrogens with one attached hydrogen (secondary N) is 1. The average molecular weight is 308 g/mol. The van der Waals surface area contributed by atoms with Crippen LogP contribution in [0.25, 0.3) is 0 Å². The van der Waals surface area contributed by atoms with Gasteiger partial charge in [0.15, 0.2) is 6.10 Å². The van der Waals surface area contributed by atoms with E-state index in [9.17, 15) is 4.79 Å². The van der Waals surface area contributed by atoms with Gasteiger partial charge >= 0.3 is 0 Å². The van der Waals surface area contributed by atoms with Crippen molar-refractivity contribution in [2.45, 2.75) is 40.2 Å². The molecule has 0 aromatic heterocycles. The lowest BCUT2D eigenvalue weighted by molar-refractivity contribution is -0.127. The van der Waals surface area contributed by atoms with Crippen LogP contribution in [0, 0.1) is 12.8 Å². The van der Waals surface area contributed by atoms with Gasteiger partial charge < -0.3 is 15.8 Å². The first-order valence-electron chi connectivity index (χ1n) is 7.16. The van der Waals surface area contributed by atoms with Crippen LogP contribution in [0.4, 0.5) is 0 Å². The zero-order valence-electron chi connectivity index (χ0n) is 13.1. The van der Waals surface area contributed by atoms with Crippen molar-refractivity contribution in [2.75, 3.05) is 6.54 Å². The molecule has 1 rings (SSSR count). The van der Waals surface area contributed by atoms with Crippen LogP contribution >= 0.6 is 12.2 Å². The molecular weight excluding hydrogens is 284 g/mol. The van der Waals surface area contributed by atoms with E-state index >= 15 is 0 Å². The molecule has 0 spiro atoms. The number of rotatable bonds is 7. The molecule has 0 aliphatic rings. The third-order valence-electron chi connectivity index (χ3n) is 3.17. The zero-order chi connectivity index (χ0) is 16.0. The quantitative estimate of drug-likeness (QED) is 0.760. The Morgan fingerprint density at radius 1 is 1.38 bits per heavy atom. The molecule has 4 nitrogen and oxygen atoms in total. The number of carbonyl (C=O) groups excluding carboxylic acids is 1. The first-order chi connectivity index (χ1) is 9.81. The fourth-order valence-corrected chi connectivity index (χ4v) is 1.88. The number of hydrogen-bond acceptors (Lipinski definition) is 3. The fourth-order valence-electron chi connectivity index (χ4n) is 1.75. The summed E-state index contributed by atoms with van der Waals surface area (Å²) in [5, 5.41) is 2.88. The van der Waals surface area contributed by atoms with Gasteiger partial charge in [-0.3, -0.25) is 4.79 Å². The molecule has 1 atom stereocenters. The molecule has 21 heavy (non-hydrogen) atoms. The van der Waals surface area contributed by atoms with Crippen LogP contribution in [0.2, 0.25) is 0 Å². The van der Waals surface area contributed by atoms with E-state index in [1.807, 2.05) is 19.1 Å². The molecule has 1 amide bonds. The van der Waals surface area contributed by atoms with E-state index in [4.69, 9.17) is 22.7 Å². The molecule has 3 N–H and O–H groups in total. The predicted octanol–water partition coefficient (Wildman–Crippen LogP) is 2.56. The van der Waals surface area contributed by atoms with E-state index in [2.05, 4.69) is 19.2 Å². The Morgan fingerprint density at radius 2 is 2.05 bits per heavy atom. The van der Waals surface area contributed by atoms with Crippen molar-refractivity contribution in [1.82, 2.24) is 5.32 Å². The van der Waals surface area contributed by atoms with Gasteiger partial charge in [-0.05, 0) is 37.8 Å². The minimum Gasteiger partial charge on any atom is -0.481 e. The van der Waals surface area contributed by atoms with Gasteiger partial charge in [0, 0.05) is 12.1 Å². The maximum absolute atomic E-state index is 12.0. The molecule has 1 aromatic carbocycles. The molecule has 0 saturated carbocycles. The second-order valence-electron chi connectivity index (χ2n) is 5.58. The zero-order valence-corrected chi connectivity index (χ0v) is 13.9. The topological polar surface area (TPSA) is 64.3 Å². The van der Waals surface area contributed by atoms with Crippen molar-refractivity contribution in [2.24, 2.45) is 11.7 Å². The van der Waals surface area contributed by atoms with Crippen LogP contribution in [0.15, 0.2) is 18.2 Å². The summed E-state index contributed by atoms with van der Waals surface area (Å²) in [7, 11) is 0. The Balaban J connectivity index is 2.65. The summed E-state index contributed by atoms with van der Waals surface area (Å²) in [4.78, 5) is 12.3. The molecule has 0 radical (unpaired) electrons. The van der Waals surface area contributed by atoms with Gasteiger partial charge in [-0.2, -0.15) is 0 Å². The molecule has 0 heterocycles. The van der Waals surface area contributed by atoms with E-state index in [1.165, 1.54) is 0 Å². The number of thiocarbonyl (C=S) groups is 1. The first-order valence-corrected chi connectivity index (χ1v) is 7.57. The highest BCUT2D eigenvalue weighted by atomic mass is 32.1. The maximum Gasteiger partial charge on any atom is 0.260 e. The summed E-state index contributed by atoms with van der Waals surface area (Å²) < 4.78 is 5.73. The van der Waals surface area contributed by atoms with E-state index in [1.54, 1.807) is 13.0 Å². The van der Waals surface area contributed by atoms with Gasteiger partial charge in [0.05, 0.1) is 0 Å². The van der Waals surface area contributed by atoms with E-state index in [0.717, 1.165) is 17.5 Å². The molecule has 0 aliphatic carbocycles. The van der Waals surface area contributed by atoms with Gasteiger partial charge in [0.2, 0.25) is 0 Å². The Hall–Kier alpha value is -1.62. The summed E-state index contributed by atoms with van der Waals surface area (Å²) in [6, 6.07) is 5.50. The van der Waals surface area contributed by atoms with Crippen LogP contribution in [-0.2, 0) is 4.79 Å². The molecule has 0 aliphatic heterocycles. The monoisotopic (exact) mass is 308 g/mol. The molecule has 1 aromatic rings. The van der Waals surface area contributed by atoms with Crippen LogP contribution < -0.4 is 15.8 Å². The SMILES string of the molecule is Cc1ccc(C(N)=S)cc1OC(C)C(=O)NCCC(C)C. The number of aryl methyl sites for hydroxylation is 1. The number of carbonyl (C=O) groups is 1. The largest absolute Gasteiger partial charge is 0.481 e. The first kappa shape index (κ1) is 17.4. The van der Waals surface area contributed by atoms with Crippen LogP contribution in [0.3, 0.4) is 0 Å². The van der Waals surface area contributed by atoms with Gasteiger partial charge in [-0.1, -0.05) is 38.2 Å². The highest BCUT2D eigenvalue weighted by Crippen LogP contribution is 2.21. The normalized spacial score (nSPS) is 12.0. The second kappa shape index (κ2) is 7.98. The number of benzene rings is 1. The van der Waals surface area contributed by atoms with Gasteiger partial charge in [-0.15, -0.1) is 0 Å². The van der Waals surface area contributed by atoms with E-state index in [-0.39, 0.29) is 5.91 Å². The van der Waals surface area contributed by atoms with Crippen LogP contribution in [0.5, 0.6) is 5.75 Å². The third kappa shape index (κ3) is 5.71. The third-order valence-corrected chi connectivity index (χ3v) is 3.40. The van der Waals surface area contributed by atoms with Gasteiger partial charge in [0.1, 0.15) is 10.7 Å². The van der Waals surface area contributed by atoms with Crippen molar-refractivity contribution < 1.29 is 9.53 Å². The van der Waals surface area contributed by atoms with Gasteiger partial charge in [0.25, 0.3) is 5.91 Å². The van der Waals surface area contributed by atoms with Crippen molar-refractivity contribution >= 4 is 23.1 Å². The Bertz CT molecular complexity index is 515. The highest BCUT2D eigenvalue weighted by molar-refractivity contribution is 7.80. The van der Waals surface area contributed by atoms with Crippen LogP contribution in [-0.4, -0.2) is 23.5 Å². The second-order valence-corrected chi connectivity index (χ2v) is 6.02. The van der Waals surface area contributed by atoms with E-state index < -0.39 is 6.10 Å². The Labute approximate surface area is 132 Å². The molecule has 0 saturated heterocycles. The maximum atomic E-state index is 12.0. The summed E-state index contributed by atoms with van der Waals surface area (Å²) >= 11 is 4.95. The molecule has 5 heteroatoms. The van der Waals surface area contributed by atoms with Crippen molar-refractivity contribution in [3.63, 3.8) is 0 Å². The minimum atomic E-state index is -0.558. The highest BCUT2D eigenvalue weighted by Gasteiger charge is 2.15. The lowest BCUT2D eigenvalue weighted by Gasteiger charge is -2.17. The lowest BCUT2D eigenvalue weighted by Crippen LogP contribution is -2.37. The number of nitrogens with two attached hydrogens (primary N) is 1. The summed E-state index contributed by atoms with van der Waals surface area (Å²) in [6.07, 6.45) is 0.395. The smallest absolute Gasteiger partial charge is 0.260 e. The summed E-state index contributed by atoms with van der Waals surface area (Å²) in [5.41, 5.74) is 7.29. The van der Waals surface area contributed by atoms with Crippen LogP contribution in [0.1, 0.15) is 38.3 Å². The van der Waals surface area contributed by atoms with E-state index in [0.29, 0.717) is 23.2 Å². The molecule has 116 valence electrons. The Morgan fingerprint density at radius 3 is 2.62 bits per heavy atom. The molecule has 1 unspecified atom stereocenters. The summed E-state index contributed by atoms with van der Waals surface area (Å²) in [5.74, 6) is 1.08. The number of ether oxygens (including phenoxy) is 1. The van der Waals surface area contributed by atoms with Crippen molar-refractivity contribution in [3.8, 4) is 5.75 Å². The predicted molar refractivity (Wildman–Crippen MR) is 89.6 cm³/mol. The van der Waals surface area contributed by atoms with Gasteiger partial charge in [-0.25, -0.2) is 0 Å². The standard InChI is InChI=1S/C16H24N2O2S/c1-10(2)7-8-18-16(19)12(4)20-14-9-13(15(17)21)6-5-11(14)3/h5-6,9-10,12H,7-8H2,1-4H3,(H2,17,21)(H,18,19). The van der Waals surface area contributed by atoms with Crippen molar-refractivity contribution in [1.29, 1.82) is 0 Å². The Kier molecular flexibility index (Phi) is 6.62. The number of hydrogen-bond donors (Lipinski definition) is 2. The molecular formula is C16H24N2O2S. The number of amides is 1.